The van der Waals surface area contributed by atoms with Crippen molar-refractivity contribution in [3.8, 4) is 6.07 Å². The molecule has 1 amide bonds. The molecule has 0 radical (unpaired) electrons. The average Bonchev–Trinajstić information content (AvgIpc) is 3.04. The molecule has 0 saturated heterocycles. The second-order valence-corrected chi connectivity index (χ2v) is 7.44. The van der Waals surface area contributed by atoms with E-state index < -0.39 is 21.5 Å². The Bertz CT molecular complexity index is 824. The number of furan rings is 1. The summed E-state index contributed by atoms with van der Waals surface area (Å²) < 4.78 is 29.9. The van der Waals surface area contributed by atoms with Gasteiger partial charge in [0.1, 0.15) is 11.5 Å². The molecule has 0 bridgehead atoms. The van der Waals surface area contributed by atoms with Crippen LogP contribution in [0.5, 0.6) is 0 Å². The van der Waals surface area contributed by atoms with Gasteiger partial charge in [0.05, 0.1) is 30.2 Å². The standard InChI is InChI=1S/C16H15ClN2O4S/c17-13-4-6-15(7-5-13)24(21,22)12-16(20)19(9-2-8-18)11-14-3-1-10-23-14/h1,3-7,10H,2,9,11-12H2. The van der Waals surface area contributed by atoms with Crippen LogP contribution < -0.4 is 0 Å². The first-order valence-corrected chi connectivity index (χ1v) is 9.11. The maximum atomic E-state index is 12.4. The van der Waals surface area contributed by atoms with Crippen molar-refractivity contribution in [2.75, 3.05) is 12.3 Å². The van der Waals surface area contributed by atoms with E-state index in [-0.39, 0.29) is 24.4 Å². The van der Waals surface area contributed by atoms with Crippen molar-refractivity contribution < 1.29 is 17.6 Å². The van der Waals surface area contributed by atoms with Crippen molar-refractivity contribution in [2.45, 2.75) is 17.9 Å². The smallest absolute Gasteiger partial charge is 0.238 e. The van der Waals surface area contributed by atoms with Crippen LogP contribution in [-0.2, 0) is 21.2 Å². The molecule has 1 aromatic heterocycles. The predicted molar refractivity (Wildman–Crippen MR) is 87.9 cm³/mol. The number of rotatable bonds is 7. The Kier molecular flexibility index (Phi) is 6.01. The third kappa shape index (κ3) is 4.85. The van der Waals surface area contributed by atoms with Crippen LogP contribution in [0.15, 0.2) is 52.0 Å². The van der Waals surface area contributed by atoms with E-state index in [1.54, 1.807) is 12.1 Å². The van der Waals surface area contributed by atoms with E-state index in [1.807, 2.05) is 6.07 Å². The molecule has 1 aromatic carbocycles. The predicted octanol–water partition coefficient (Wildman–Crippen LogP) is 2.65. The molecule has 126 valence electrons. The van der Waals surface area contributed by atoms with Crippen molar-refractivity contribution >= 4 is 27.3 Å². The van der Waals surface area contributed by atoms with Crippen molar-refractivity contribution in [1.29, 1.82) is 5.26 Å². The van der Waals surface area contributed by atoms with Crippen LogP contribution in [0.2, 0.25) is 5.02 Å². The molecule has 0 fully saturated rings. The molecule has 2 rings (SSSR count). The van der Waals surface area contributed by atoms with Crippen molar-refractivity contribution in [3.63, 3.8) is 0 Å². The Hall–Kier alpha value is -2.30. The molecular formula is C16H15ClN2O4S. The van der Waals surface area contributed by atoms with Gasteiger partial charge in [-0.3, -0.25) is 4.79 Å². The molecule has 0 saturated carbocycles. The number of carbonyl (C=O) groups is 1. The fourth-order valence-electron chi connectivity index (χ4n) is 2.05. The highest BCUT2D eigenvalue weighted by Crippen LogP contribution is 2.16. The maximum Gasteiger partial charge on any atom is 0.238 e. The lowest BCUT2D eigenvalue weighted by atomic mass is 10.3. The third-order valence-corrected chi connectivity index (χ3v) is 5.13. The third-order valence-electron chi connectivity index (χ3n) is 3.26. The normalized spacial score (nSPS) is 11.0. The number of amides is 1. The molecule has 24 heavy (non-hydrogen) atoms. The summed E-state index contributed by atoms with van der Waals surface area (Å²) in [6.45, 7) is 0.246. The monoisotopic (exact) mass is 366 g/mol. The van der Waals surface area contributed by atoms with E-state index >= 15 is 0 Å². The Morgan fingerprint density at radius 2 is 1.96 bits per heavy atom. The van der Waals surface area contributed by atoms with Gasteiger partial charge in [0.15, 0.2) is 9.84 Å². The Morgan fingerprint density at radius 1 is 1.25 bits per heavy atom. The molecule has 0 aliphatic carbocycles. The van der Waals surface area contributed by atoms with Crippen molar-refractivity contribution in [3.05, 3.63) is 53.4 Å². The van der Waals surface area contributed by atoms with Gasteiger partial charge >= 0.3 is 0 Å². The summed E-state index contributed by atoms with van der Waals surface area (Å²) >= 11 is 5.74. The van der Waals surface area contributed by atoms with Crippen molar-refractivity contribution in [2.24, 2.45) is 0 Å². The molecule has 0 atom stereocenters. The summed E-state index contributed by atoms with van der Waals surface area (Å²) in [6, 6.07) is 10.9. The molecule has 8 heteroatoms. The van der Waals surface area contributed by atoms with E-state index in [1.165, 1.54) is 35.4 Å². The number of hydrogen-bond donors (Lipinski definition) is 0. The van der Waals surface area contributed by atoms with Gasteiger partial charge in [0.2, 0.25) is 5.91 Å². The van der Waals surface area contributed by atoms with Crippen LogP contribution in [0, 0.1) is 11.3 Å². The minimum Gasteiger partial charge on any atom is -0.467 e. The summed E-state index contributed by atoms with van der Waals surface area (Å²) in [6.07, 6.45) is 1.57. The van der Waals surface area contributed by atoms with Gasteiger partial charge in [0.25, 0.3) is 0 Å². The highest BCUT2D eigenvalue weighted by molar-refractivity contribution is 7.92. The minimum atomic E-state index is -3.79. The van der Waals surface area contributed by atoms with Gasteiger partial charge in [-0.1, -0.05) is 11.6 Å². The quantitative estimate of drug-likeness (QED) is 0.751. The first-order valence-electron chi connectivity index (χ1n) is 7.08. The summed E-state index contributed by atoms with van der Waals surface area (Å²) in [5, 5.41) is 9.13. The molecule has 0 aliphatic heterocycles. The fraction of sp³-hybridized carbons (Fsp3) is 0.250. The van der Waals surface area contributed by atoms with Crippen LogP contribution in [0.25, 0.3) is 0 Å². The number of hydrogen-bond acceptors (Lipinski definition) is 5. The second-order valence-electron chi connectivity index (χ2n) is 5.02. The van der Waals surface area contributed by atoms with Crippen LogP contribution in [0.4, 0.5) is 0 Å². The SMILES string of the molecule is N#CCCN(Cc1ccco1)C(=O)CS(=O)(=O)c1ccc(Cl)cc1. The molecule has 1 heterocycles. The lowest BCUT2D eigenvalue weighted by molar-refractivity contribution is -0.129. The summed E-state index contributed by atoms with van der Waals surface area (Å²) in [7, 11) is -3.79. The van der Waals surface area contributed by atoms with Gasteiger partial charge in [0, 0.05) is 11.6 Å². The second kappa shape index (κ2) is 7.99. The number of carbonyl (C=O) groups excluding carboxylic acids is 1. The molecular weight excluding hydrogens is 352 g/mol. The minimum absolute atomic E-state index is 0.0264. The number of halogens is 1. The first kappa shape index (κ1) is 18.0. The first-order chi connectivity index (χ1) is 11.4. The fourth-order valence-corrected chi connectivity index (χ4v) is 3.40. The molecule has 6 nitrogen and oxygen atoms in total. The largest absolute Gasteiger partial charge is 0.467 e. The van der Waals surface area contributed by atoms with E-state index in [0.29, 0.717) is 10.8 Å². The van der Waals surface area contributed by atoms with Gasteiger partial charge in [-0.05, 0) is 36.4 Å². The highest BCUT2D eigenvalue weighted by Gasteiger charge is 2.24. The number of nitrogens with zero attached hydrogens (tertiary/aromatic N) is 2. The van der Waals surface area contributed by atoms with Gasteiger partial charge in [-0.15, -0.1) is 0 Å². The molecule has 0 unspecified atom stereocenters. The number of nitriles is 1. The summed E-state index contributed by atoms with van der Waals surface area (Å²) in [5.41, 5.74) is 0. The number of sulfone groups is 1. The van der Waals surface area contributed by atoms with Crippen LogP contribution in [-0.4, -0.2) is 31.5 Å². The zero-order valence-electron chi connectivity index (χ0n) is 12.7. The lowest BCUT2D eigenvalue weighted by Crippen LogP contribution is -2.36. The van der Waals surface area contributed by atoms with E-state index in [0.717, 1.165) is 0 Å². The zero-order valence-corrected chi connectivity index (χ0v) is 14.3. The zero-order chi connectivity index (χ0) is 17.6. The Labute approximate surface area is 145 Å². The van der Waals surface area contributed by atoms with Gasteiger partial charge < -0.3 is 9.32 Å². The topological polar surface area (TPSA) is 91.4 Å². The van der Waals surface area contributed by atoms with Crippen LogP contribution in [0.3, 0.4) is 0 Å². The Balaban J connectivity index is 2.13. The Morgan fingerprint density at radius 3 is 2.54 bits per heavy atom. The molecule has 2 aromatic rings. The summed E-state index contributed by atoms with van der Waals surface area (Å²) in [4.78, 5) is 13.7. The van der Waals surface area contributed by atoms with Crippen LogP contribution in [0.1, 0.15) is 12.2 Å². The van der Waals surface area contributed by atoms with Crippen LogP contribution >= 0.6 is 11.6 Å². The van der Waals surface area contributed by atoms with Gasteiger partial charge in [-0.25, -0.2) is 8.42 Å². The highest BCUT2D eigenvalue weighted by atomic mass is 35.5. The summed E-state index contributed by atoms with van der Waals surface area (Å²) in [5.74, 6) is -0.748. The van der Waals surface area contributed by atoms with Gasteiger partial charge in [-0.2, -0.15) is 5.26 Å². The lowest BCUT2D eigenvalue weighted by Gasteiger charge is -2.20. The maximum absolute atomic E-state index is 12.4. The molecule has 0 spiro atoms. The number of benzene rings is 1. The molecule has 0 aliphatic rings. The average molecular weight is 367 g/mol. The van der Waals surface area contributed by atoms with E-state index in [4.69, 9.17) is 21.3 Å². The van der Waals surface area contributed by atoms with E-state index in [9.17, 15) is 13.2 Å². The van der Waals surface area contributed by atoms with Crippen molar-refractivity contribution in [1.82, 2.24) is 4.90 Å². The molecule has 0 N–H and O–H groups in total. The van der Waals surface area contributed by atoms with E-state index in [2.05, 4.69) is 0 Å².